The smallest absolute Gasteiger partial charge is 0.246 e. The van der Waals surface area contributed by atoms with Crippen molar-refractivity contribution in [3.8, 4) is 0 Å². The number of hydrogen-bond donors (Lipinski definition) is 8. The van der Waals surface area contributed by atoms with Gasteiger partial charge in [-0.1, -0.05) is 96.5 Å². The van der Waals surface area contributed by atoms with Crippen LogP contribution < -0.4 is 42.5 Å². The van der Waals surface area contributed by atoms with Gasteiger partial charge in [-0.25, -0.2) is 0 Å². The molecule has 10 atom stereocenters. The van der Waals surface area contributed by atoms with Crippen molar-refractivity contribution in [2.24, 2.45) is 10.8 Å². The first-order valence-electron chi connectivity index (χ1n) is 27.4. The number of carbonyl (C=O) groups excluding carboxylic acids is 8. The summed E-state index contributed by atoms with van der Waals surface area (Å²) in [5, 5.41) is 24.3. The molecule has 0 aromatic heterocycles. The molecule has 0 saturated carbocycles. The van der Waals surface area contributed by atoms with E-state index in [0.29, 0.717) is 19.3 Å². The Morgan fingerprint density at radius 1 is 0.547 bits per heavy atom. The number of fused-ring (bicyclic) bond motifs is 2. The molecule has 2 aromatic carbocycles. The van der Waals surface area contributed by atoms with Gasteiger partial charge in [-0.3, -0.25) is 38.4 Å². The number of carbonyl (C=O) groups is 8. The van der Waals surface area contributed by atoms with Gasteiger partial charge in [0.2, 0.25) is 47.3 Å². The Hall–Kier alpha value is -5.88. The maximum absolute atomic E-state index is 14.5. The van der Waals surface area contributed by atoms with Crippen LogP contribution >= 0.6 is 0 Å². The van der Waals surface area contributed by atoms with Crippen LogP contribution in [0.3, 0.4) is 0 Å². The highest BCUT2D eigenvalue weighted by Crippen LogP contribution is 2.34. The van der Waals surface area contributed by atoms with Crippen LogP contribution in [0.25, 0.3) is 0 Å². The third kappa shape index (κ3) is 15.2. The molecule has 18 nitrogen and oxygen atoms in total. The van der Waals surface area contributed by atoms with Gasteiger partial charge in [0.15, 0.2) is 0 Å². The molecule has 8 amide bonds. The molecule has 18 heteroatoms. The van der Waals surface area contributed by atoms with E-state index >= 15 is 0 Å². The van der Waals surface area contributed by atoms with E-state index in [0.717, 1.165) is 49.7 Å². The van der Waals surface area contributed by atoms with Crippen LogP contribution in [0.4, 0.5) is 0 Å². The molecule has 0 spiro atoms. The number of hydrogen-bond acceptors (Lipinski definition) is 10. The largest absolute Gasteiger partial charge is 0.351 e. The van der Waals surface area contributed by atoms with Gasteiger partial charge in [0.05, 0.1) is 24.2 Å². The summed E-state index contributed by atoms with van der Waals surface area (Å²) in [6, 6.07) is 9.93. The first-order chi connectivity index (χ1) is 35.5. The minimum Gasteiger partial charge on any atom is -0.351 e. The Morgan fingerprint density at radius 2 is 0.920 bits per heavy atom. The van der Waals surface area contributed by atoms with E-state index in [2.05, 4.69) is 54.7 Å². The number of rotatable bonds is 20. The summed E-state index contributed by atoms with van der Waals surface area (Å²) in [7, 11) is 3.33. The minimum atomic E-state index is -0.938. The van der Waals surface area contributed by atoms with Gasteiger partial charge in [0, 0.05) is 38.0 Å². The molecule has 0 bridgehead atoms. The van der Waals surface area contributed by atoms with Crippen LogP contribution in [0.1, 0.15) is 160 Å². The third-order valence-corrected chi connectivity index (χ3v) is 15.6. The molecule has 2 saturated heterocycles. The summed E-state index contributed by atoms with van der Waals surface area (Å²) >= 11 is 0. The van der Waals surface area contributed by atoms with Crippen molar-refractivity contribution >= 4 is 47.3 Å². The molecule has 2 aliphatic heterocycles. The second-order valence-corrected chi connectivity index (χ2v) is 23.5. The van der Waals surface area contributed by atoms with Gasteiger partial charge in [-0.2, -0.15) is 0 Å². The Bertz CT molecular complexity index is 2220. The minimum absolute atomic E-state index is 0.0937. The van der Waals surface area contributed by atoms with Crippen molar-refractivity contribution in [3.05, 3.63) is 70.8 Å². The van der Waals surface area contributed by atoms with Crippen LogP contribution in [0.5, 0.6) is 0 Å². The average molecular weight is 1040 g/mol. The number of unbranched alkanes of at least 4 members (excludes halogenated alkanes) is 2. The quantitative estimate of drug-likeness (QED) is 0.0894. The SMILES string of the molecule is CN[C@@H](C)C(=O)N[C@H](C(=O)N1CC(NC(=O)CCCCCC(=O)N[C@H]2C[C@@H](C(=O)N[C@@H]3CCCc4ccccc43)N(C(=O)[C@@H](NC(=O)[C@H](C)NC)C(C)(C)C)C2)C[C@H]1C(=O)NC1CCCc2ccccc21)C(C)(C)C. The summed E-state index contributed by atoms with van der Waals surface area (Å²) < 4.78 is 0. The predicted octanol–water partition coefficient (Wildman–Crippen LogP) is 3.77. The van der Waals surface area contributed by atoms with Crippen LogP contribution in [0, 0.1) is 10.8 Å². The third-order valence-electron chi connectivity index (χ3n) is 15.6. The molecule has 2 heterocycles. The number of benzene rings is 2. The van der Waals surface area contributed by atoms with E-state index < -0.39 is 71.0 Å². The molecule has 8 N–H and O–H groups in total. The summed E-state index contributed by atoms with van der Waals surface area (Å²) in [5.74, 6) is -2.54. The maximum Gasteiger partial charge on any atom is 0.246 e. The van der Waals surface area contributed by atoms with Gasteiger partial charge >= 0.3 is 0 Å². The molecule has 0 radical (unpaired) electrons. The summed E-state index contributed by atoms with van der Waals surface area (Å²) in [4.78, 5) is 114. The van der Waals surface area contributed by atoms with Gasteiger partial charge in [-0.05, 0) is 125 Å². The zero-order chi connectivity index (χ0) is 54.8. The topological polar surface area (TPSA) is 239 Å². The lowest BCUT2D eigenvalue weighted by molar-refractivity contribution is -0.144. The number of likely N-dealkylation sites (N-methyl/N-ethyl adjacent to an activating group) is 2. The number of nitrogens with one attached hydrogen (secondary N) is 8. The number of likely N-dealkylation sites (tertiary alicyclic amines) is 2. The van der Waals surface area contributed by atoms with Crippen LogP contribution in [0.15, 0.2) is 48.5 Å². The van der Waals surface area contributed by atoms with Gasteiger partial charge in [0.1, 0.15) is 24.2 Å². The monoisotopic (exact) mass is 1040 g/mol. The van der Waals surface area contributed by atoms with Crippen molar-refractivity contribution in [1.29, 1.82) is 0 Å². The molecule has 2 fully saturated rings. The van der Waals surface area contributed by atoms with Gasteiger partial charge in [0.25, 0.3) is 0 Å². The Labute approximate surface area is 444 Å². The molecule has 412 valence electrons. The first kappa shape index (κ1) is 58.4. The molecule has 6 rings (SSSR count). The molecule has 4 aliphatic rings. The highest BCUT2D eigenvalue weighted by atomic mass is 16.2. The van der Waals surface area contributed by atoms with Crippen molar-refractivity contribution < 1.29 is 38.4 Å². The van der Waals surface area contributed by atoms with Crippen molar-refractivity contribution in [2.75, 3.05) is 27.2 Å². The number of aryl methyl sites for hydroxylation is 2. The van der Waals surface area contributed by atoms with Crippen molar-refractivity contribution in [1.82, 2.24) is 52.3 Å². The Kier molecular flexibility index (Phi) is 20.1. The fourth-order valence-corrected chi connectivity index (χ4v) is 11.0. The van der Waals surface area contributed by atoms with Crippen LogP contribution in [-0.2, 0) is 51.2 Å². The van der Waals surface area contributed by atoms with Crippen LogP contribution in [-0.4, -0.2) is 133 Å². The summed E-state index contributed by atoms with van der Waals surface area (Å²) in [6.07, 6.45) is 7.52. The van der Waals surface area contributed by atoms with Crippen molar-refractivity contribution in [2.45, 2.75) is 199 Å². The van der Waals surface area contributed by atoms with Gasteiger partial charge in [-0.15, -0.1) is 0 Å². The molecular formula is C57H86N10O8. The zero-order valence-electron chi connectivity index (χ0n) is 46.2. The van der Waals surface area contributed by atoms with E-state index in [4.69, 9.17) is 0 Å². The van der Waals surface area contributed by atoms with Gasteiger partial charge < -0.3 is 52.3 Å². The van der Waals surface area contributed by atoms with E-state index in [1.54, 1.807) is 27.9 Å². The standard InChI is InChI=1S/C57H86N10O8/c1-34(58-9)50(70)64-48(56(3,4)5)54(74)66-32-38(30-44(66)52(72)62-42-26-18-22-36-20-14-16-24-40(36)42)60-46(68)28-12-11-13-29-47(69)61-39-31-45(53(73)63-43-27-19-23-37-21-15-17-25-41(37)43)67(33-39)55(75)49(57(6,7)8)65-51(71)35(2)59-10/h14-17,20-21,24-25,34-35,38-39,42-45,48-49,58-59H,11-13,18-19,22-23,26-33H2,1-10H3,(H,60,68)(H,61,69)(H,62,72)(H,63,73)(H,64,70)(H,65,71)/t34-,35-,38-,39?,42+,43?,44-,45-,48+,49+/m0/s1. The average Bonchev–Trinajstić information content (AvgIpc) is 4.00. The molecule has 2 unspecified atom stereocenters. The second-order valence-electron chi connectivity index (χ2n) is 23.5. The maximum atomic E-state index is 14.5. The fraction of sp³-hybridized carbons (Fsp3) is 0.649. The van der Waals surface area contributed by atoms with Crippen LogP contribution in [0.2, 0.25) is 0 Å². The Morgan fingerprint density at radius 3 is 1.28 bits per heavy atom. The lowest BCUT2D eigenvalue weighted by Crippen LogP contribution is -2.59. The van der Waals surface area contributed by atoms with E-state index in [9.17, 15) is 38.4 Å². The summed E-state index contributed by atoms with van der Waals surface area (Å²) in [6.45, 7) is 14.8. The lowest BCUT2D eigenvalue weighted by atomic mass is 9.85. The molecule has 2 aromatic rings. The zero-order valence-corrected chi connectivity index (χ0v) is 46.2. The Balaban J connectivity index is 1.05. The highest BCUT2D eigenvalue weighted by Gasteiger charge is 2.48. The molecular weight excluding hydrogens is 953 g/mol. The first-order valence-corrected chi connectivity index (χ1v) is 27.4. The summed E-state index contributed by atoms with van der Waals surface area (Å²) in [5.41, 5.74) is 3.12. The molecule has 75 heavy (non-hydrogen) atoms. The molecule has 2 aliphatic carbocycles. The second kappa shape index (κ2) is 25.8. The fourth-order valence-electron chi connectivity index (χ4n) is 11.0. The van der Waals surface area contributed by atoms with E-state index in [-0.39, 0.29) is 86.3 Å². The number of amides is 8. The lowest BCUT2D eigenvalue weighted by Gasteiger charge is -2.36. The number of nitrogens with zero attached hydrogens (tertiary/aromatic N) is 2. The van der Waals surface area contributed by atoms with E-state index in [1.807, 2.05) is 77.9 Å². The van der Waals surface area contributed by atoms with Crippen molar-refractivity contribution in [3.63, 3.8) is 0 Å². The highest BCUT2D eigenvalue weighted by molar-refractivity contribution is 5.95. The normalized spacial score (nSPS) is 23.1. The van der Waals surface area contributed by atoms with E-state index in [1.165, 1.54) is 20.9 Å². The predicted molar refractivity (Wildman–Crippen MR) is 288 cm³/mol.